The standard InChI is InChI=1S/C9H18N2/c1-7(2)11-5-8(10)9(6-11)3-4-9/h7-8H,3-6,10H2,1-2H3/t8-/m0/s1. The molecule has 1 aliphatic carbocycles. The van der Waals surface area contributed by atoms with Crippen molar-refractivity contribution in [2.45, 2.75) is 38.8 Å². The molecule has 1 atom stereocenters. The largest absolute Gasteiger partial charge is 0.326 e. The van der Waals surface area contributed by atoms with Gasteiger partial charge >= 0.3 is 0 Å². The number of rotatable bonds is 1. The van der Waals surface area contributed by atoms with Gasteiger partial charge < -0.3 is 5.73 Å². The molecule has 0 bridgehead atoms. The third-order valence-electron chi connectivity index (χ3n) is 3.36. The summed E-state index contributed by atoms with van der Waals surface area (Å²) in [6.45, 7) is 6.89. The van der Waals surface area contributed by atoms with Crippen molar-refractivity contribution < 1.29 is 0 Å². The molecule has 1 heterocycles. The molecule has 11 heavy (non-hydrogen) atoms. The fraction of sp³-hybridized carbons (Fsp3) is 1.00. The van der Waals surface area contributed by atoms with Gasteiger partial charge in [0.15, 0.2) is 0 Å². The van der Waals surface area contributed by atoms with Gasteiger partial charge in [0.25, 0.3) is 0 Å². The van der Waals surface area contributed by atoms with Gasteiger partial charge in [0.2, 0.25) is 0 Å². The lowest BCUT2D eigenvalue weighted by molar-refractivity contribution is 0.261. The Bertz CT molecular complexity index is 161. The maximum atomic E-state index is 6.06. The Kier molecular flexibility index (Phi) is 1.52. The van der Waals surface area contributed by atoms with Crippen LogP contribution >= 0.6 is 0 Å². The minimum atomic E-state index is 0.463. The first-order valence-corrected chi connectivity index (χ1v) is 4.64. The van der Waals surface area contributed by atoms with Crippen molar-refractivity contribution in [2.24, 2.45) is 11.1 Å². The lowest BCUT2D eigenvalue weighted by Crippen LogP contribution is -2.32. The Balaban J connectivity index is 2.01. The van der Waals surface area contributed by atoms with Crippen LogP contribution in [0.4, 0.5) is 0 Å². The summed E-state index contributed by atoms with van der Waals surface area (Å²) in [5.41, 5.74) is 6.62. The topological polar surface area (TPSA) is 29.3 Å². The lowest BCUT2D eigenvalue weighted by Gasteiger charge is -2.19. The first-order chi connectivity index (χ1) is 5.14. The molecule has 2 fully saturated rings. The molecule has 2 heteroatoms. The Morgan fingerprint density at radius 3 is 2.36 bits per heavy atom. The lowest BCUT2D eigenvalue weighted by atomic mass is 10.0. The molecule has 64 valence electrons. The molecule has 0 amide bonds. The molecule has 1 spiro atoms. The molecule has 2 nitrogen and oxygen atoms in total. The van der Waals surface area contributed by atoms with E-state index in [9.17, 15) is 0 Å². The molecule has 0 aromatic heterocycles. The van der Waals surface area contributed by atoms with Gasteiger partial charge in [0.1, 0.15) is 0 Å². The van der Waals surface area contributed by atoms with Gasteiger partial charge in [-0.3, -0.25) is 4.90 Å². The number of hydrogen-bond donors (Lipinski definition) is 1. The Hall–Kier alpha value is -0.0800. The van der Waals surface area contributed by atoms with E-state index in [0.29, 0.717) is 17.5 Å². The first-order valence-electron chi connectivity index (χ1n) is 4.64. The van der Waals surface area contributed by atoms with Crippen LogP contribution in [0.25, 0.3) is 0 Å². The van der Waals surface area contributed by atoms with Gasteiger partial charge in [0.05, 0.1) is 0 Å². The van der Waals surface area contributed by atoms with E-state index >= 15 is 0 Å². The van der Waals surface area contributed by atoms with Crippen molar-refractivity contribution in [1.82, 2.24) is 4.90 Å². The quantitative estimate of drug-likeness (QED) is 0.606. The van der Waals surface area contributed by atoms with Crippen LogP contribution in [0.15, 0.2) is 0 Å². The van der Waals surface area contributed by atoms with Crippen LogP contribution in [0.3, 0.4) is 0 Å². The predicted molar refractivity (Wildman–Crippen MR) is 46.4 cm³/mol. The van der Waals surface area contributed by atoms with Crippen molar-refractivity contribution in [3.63, 3.8) is 0 Å². The van der Waals surface area contributed by atoms with Gasteiger partial charge in [-0.2, -0.15) is 0 Å². The van der Waals surface area contributed by atoms with Gasteiger partial charge in [0, 0.05) is 25.2 Å². The van der Waals surface area contributed by atoms with Gasteiger partial charge in [-0.1, -0.05) is 0 Å². The van der Waals surface area contributed by atoms with Crippen molar-refractivity contribution in [3.8, 4) is 0 Å². The molecule has 0 unspecified atom stereocenters. The van der Waals surface area contributed by atoms with Crippen LogP contribution in [0.2, 0.25) is 0 Å². The van der Waals surface area contributed by atoms with E-state index in [0.717, 1.165) is 6.54 Å². The molecule has 0 radical (unpaired) electrons. The minimum Gasteiger partial charge on any atom is -0.326 e. The fourth-order valence-electron chi connectivity index (χ4n) is 2.12. The highest BCUT2D eigenvalue weighted by Gasteiger charge is 2.53. The van der Waals surface area contributed by atoms with Crippen LogP contribution in [-0.4, -0.2) is 30.1 Å². The average molecular weight is 154 g/mol. The second-order valence-electron chi connectivity index (χ2n) is 4.49. The van der Waals surface area contributed by atoms with E-state index in [1.165, 1.54) is 19.4 Å². The summed E-state index contributed by atoms with van der Waals surface area (Å²) < 4.78 is 0. The van der Waals surface area contributed by atoms with E-state index in [1.54, 1.807) is 0 Å². The summed E-state index contributed by atoms with van der Waals surface area (Å²) in [5, 5.41) is 0. The van der Waals surface area contributed by atoms with E-state index < -0.39 is 0 Å². The molecular formula is C9H18N2. The number of hydrogen-bond acceptors (Lipinski definition) is 2. The number of likely N-dealkylation sites (tertiary alicyclic amines) is 1. The molecule has 1 saturated heterocycles. The van der Waals surface area contributed by atoms with Crippen LogP contribution < -0.4 is 5.73 Å². The van der Waals surface area contributed by atoms with Crippen molar-refractivity contribution in [3.05, 3.63) is 0 Å². The second kappa shape index (κ2) is 2.20. The maximum absolute atomic E-state index is 6.06. The van der Waals surface area contributed by atoms with Gasteiger partial charge in [-0.15, -0.1) is 0 Å². The summed E-state index contributed by atoms with van der Waals surface area (Å²) in [5.74, 6) is 0. The van der Waals surface area contributed by atoms with Crippen LogP contribution in [0.5, 0.6) is 0 Å². The number of nitrogens with zero attached hydrogens (tertiary/aromatic N) is 1. The highest BCUT2D eigenvalue weighted by atomic mass is 15.2. The number of nitrogens with two attached hydrogens (primary N) is 1. The predicted octanol–water partition coefficient (Wildman–Crippen LogP) is 0.818. The SMILES string of the molecule is CC(C)N1C[C@H](N)C2(CC2)C1. The molecule has 0 aromatic rings. The smallest absolute Gasteiger partial charge is 0.0237 e. The fourth-order valence-corrected chi connectivity index (χ4v) is 2.12. The summed E-state index contributed by atoms with van der Waals surface area (Å²) in [6, 6.07) is 1.14. The molecule has 1 saturated carbocycles. The summed E-state index contributed by atoms with van der Waals surface area (Å²) in [4.78, 5) is 2.51. The Morgan fingerprint density at radius 1 is 1.45 bits per heavy atom. The minimum absolute atomic E-state index is 0.463. The van der Waals surface area contributed by atoms with Crippen LogP contribution in [0, 0.1) is 5.41 Å². The molecule has 2 rings (SSSR count). The van der Waals surface area contributed by atoms with E-state index in [1.807, 2.05) is 0 Å². The second-order valence-corrected chi connectivity index (χ2v) is 4.49. The van der Waals surface area contributed by atoms with E-state index in [4.69, 9.17) is 5.73 Å². The molecule has 0 aromatic carbocycles. The third-order valence-corrected chi connectivity index (χ3v) is 3.36. The average Bonchev–Trinajstić information content (AvgIpc) is 2.59. The highest BCUT2D eigenvalue weighted by molar-refractivity contribution is 5.08. The van der Waals surface area contributed by atoms with Crippen LogP contribution in [0.1, 0.15) is 26.7 Å². The van der Waals surface area contributed by atoms with Crippen molar-refractivity contribution in [2.75, 3.05) is 13.1 Å². The zero-order chi connectivity index (χ0) is 8.06. The van der Waals surface area contributed by atoms with Crippen LogP contribution in [-0.2, 0) is 0 Å². The highest BCUT2D eigenvalue weighted by Crippen LogP contribution is 2.52. The monoisotopic (exact) mass is 154 g/mol. The van der Waals surface area contributed by atoms with Crippen molar-refractivity contribution in [1.29, 1.82) is 0 Å². The van der Waals surface area contributed by atoms with Gasteiger partial charge in [-0.05, 0) is 32.1 Å². The Labute approximate surface area is 68.7 Å². The summed E-state index contributed by atoms with van der Waals surface area (Å²) in [7, 11) is 0. The molecular weight excluding hydrogens is 136 g/mol. The zero-order valence-corrected chi connectivity index (χ0v) is 7.51. The van der Waals surface area contributed by atoms with Gasteiger partial charge in [-0.25, -0.2) is 0 Å². The van der Waals surface area contributed by atoms with E-state index in [2.05, 4.69) is 18.7 Å². The zero-order valence-electron chi connectivity index (χ0n) is 7.51. The van der Waals surface area contributed by atoms with Crippen molar-refractivity contribution >= 4 is 0 Å². The molecule has 2 aliphatic rings. The first kappa shape index (κ1) is 7.56. The maximum Gasteiger partial charge on any atom is 0.0237 e. The molecule has 1 aliphatic heterocycles. The summed E-state index contributed by atoms with van der Waals surface area (Å²) in [6.07, 6.45) is 2.74. The molecule has 2 N–H and O–H groups in total. The Morgan fingerprint density at radius 2 is 2.09 bits per heavy atom. The normalized spacial score (nSPS) is 35.5. The third kappa shape index (κ3) is 1.09. The summed E-state index contributed by atoms with van der Waals surface area (Å²) >= 11 is 0. The van der Waals surface area contributed by atoms with E-state index in [-0.39, 0.29) is 0 Å².